The molecule has 1 rings (SSSR count). The Kier molecular flexibility index (Phi) is 5.33. The standard InChI is InChI=1S/C13H22N2/c1-11(2)6-4-9-15-12(3)13-7-5-8-14-10-13/h5,7-8,10-12,15H,4,6,9H2,1-3H3/t12-/m1/s1. The molecule has 1 heterocycles. The molecular weight excluding hydrogens is 184 g/mol. The van der Waals surface area contributed by atoms with Crippen molar-refractivity contribution in [2.24, 2.45) is 5.92 Å². The molecule has 2 heteroatoms. The zero-order valence-electron chi connectivity index (χ0n) is 10.0. The highest BCUT2D eigenvalue weighted by molar-refractivity contribution is 5.12. The molecule has 0 bridgehead atoms. The summed E-state index contributed by atoms with van der Waals surface area (Å²) in [5, 5.41) is 3.51. The first-order valence-electron chi connectivity index (χ1n) is 5.83. The molecule has 0 aromatic carbocycles. The molecule has 0 aliphatic rings. The van der Waals surface area contributed by atoms with Crippen molar-refractivity contribution >= 4 is 0 Å². The summed E-state index contributed by atoms with van der Waals surface area (Å²) in [4.78, 5) is 4.12. The Morgan fingerprint density at radius 2 is 2.13 bits per heavy atom. The number of aromatic nitrogens is 1. The largest absolute Gasteiger partial charge is 0.310 e. The molecule has 84 valence electrons. The molecule has 0 spiro atoms. The van der Waals surface area contributed by atoms with Crippen molar-refractivity contribution in [1.29, 1.82) is 0 Å². The highest BCUT2D eigenvalue weighted by Gasteiger charge is 2.03. The fourth-order valence-electron chi connectivity index (χ4n) is 1.58. The summed E-state index contributed by atoms with van der Waals surface area (Å²) >= 11 is 0. The Morgan fingerprint density at radius 3 is 2.73 bits per heavy atom. The van der Waals surface area contributed by atoms with E-state index in [0.717, 1.165) is 12.5 Å². The van der Waals surface area contributed by atoms with Crippen LogP contribution in [0, 0.1) is 5.92 Å². The average molecular weight is 206 g/mol. The summed E-state index contributed by atoms with van der Waals surface area (Å²) in [5.74, 6) is 0.806. The molecule has 0 unspecified atom stereocenters. The molecule has 0 saturated carbocycles. The van der Waals surface area contributed by atoms with Gasteiger partial charge in [-0.1, -0.05) is 19.9 Å². The zero-order valence-corrected chi connectivity index (χ0v) is 10.0. The van der Waals surface area contributed by atoms with Crippen molar-refractivity contribution < 1.29 is 0 Å². The van der Waals surface area contributed by atoms with Gasteiger partial charge in [0.15, 0.2) is 0 Å². The summed E-state index contributed by atoms with van der Waals surface area (Å²) in [7, 11) is 0. The van der Waals surface area contributed by atoms with Gasteiger partial charge in [0, 0.05) is 18.4 Å². The molecular formula is C13H22N2. The third-order valence-corrected chi connectivity index (χ3v) is 2.59. The molecule has 0 saturated heterocycles. The summed E-state index contributed by atoms with van der Waals surface area (Å²) in [5.41, 5.74) is 1.27. The van der Waals surface area contributed by atoms with E-state index < -0.39 is 0 Å². The van der Waals surface area contributed by atoms with Crippen LogP contribution in [-0.4, -0.2) is 11.5 Å². The topological polar surface area (TPSA) is 24.9 Å². The SMILES string of the molecule is CC(C)CCCN[C@H](C)c1cccnc1. The quantitative estimate of drug-likeness (QED) is 0.723. The Bertz CT molecular complexity index is 256. The molecule has 1 N–H and O–H groups in total. The minimum Gasteiger partial charge on any atom is -0.310 e. The highest BCUT2D eigenvalue weighted by Crippen LogP contribution is 2.10. The lowest BCUT2D eigenvalue weighted by atomic mass is 10.1. The zero-order chi connectivity index (χ0) is 11.1. The van der Waals surface area contributed by atoms with Gasteiger partial charge < -0.3 is 5.32 Å². The fraction of sp³-hybridized carbons (Fsp3) is 0.615. The predicted molar refractivity (Wildman–Crippen MR) is 64.7 cm³/mol. The van der Waals surface area contributed by atoms with Gasteiger partial charge in [-0.3, -0.25) is 4.98 Å². The maximum atomic E-state index is 4.12. The van der Waals surface area contributed by atoms with Crippen LogP contribution in [0.1, 0.15) is 45.2 Å². The Balaban J connectivity index is 2.22. The van der Waals surface area contributed by atoms with Crippen molar-refractivity contribution in [3.63, 3.8) is 0 Å². The normalized spacial score (nSPS) is 13.1. The van der Waals surface area contributed by atoms with E-state index in [-0.39, 0.29) is 0 Å². The number of hydrogen-bond donors (Lipinski definition) is 1. The van der Waals surface area contributed by atoms with Crippen molar-refractivity contribution in [2.75, 3.05) is 6.54 Å². The van der Waals surface area contributed by atoms with E-state index in [9.17, 15) is 0 Å². The second kappa shape index (κ2) is 6.57. The van der Waals surface area contributed by atoms with Gasteiger partial charge in [0.1, 0.15) is 0 Å². The highest BCUT2D eigenvalue weighted by atomic mass is 14.9. The molecule has 1 atom stereocenters. The fourth-order valence-corrected chi connectivity index (χ4v) is 1.58. The first kappa shape index (κ1) is 12.2. The third-order valence-electron chi connectivity index (χ3n) is 2.59. The van der Waals surface area contributed by atoms with Crippen LogP contribution >= 0.6 is 0 Å². The number of rotatable bonds is 6. The predicted octanol–water partition coefficient (Wildman–Crippen LogP) is 3.17. The van der Waals surface area contributed by atoms with E-state index in [4.69, 9.17) is 0 Å². The molecule has 0 amide bonds. The Morgan fingerprint density at radius 1 is 1.33 bits per heavy atom. The van der Waals surface area contributed by atoms with Gasteiger partial charge in [0.05, 0.1) is 0 Å². The van der Waals surface area contributed by atoms with Crippen LogP contribution in [0.3, 0.4) is 0 Å². The van der Waals surface area contributed by atoms with E-state index in [1.165, 1.54) is 18.4 Å². The summed E-state index contributed by atoms with van der Waals surface area (Å²) in [6, 6.07) is 4.51. The number of nitrogens with zero attached hydrogens (tertiary/aromatic N) is 1. The lowest BCUT2D eigenvalue weighted by Crippen LogP contribution is -2.20. The van der Waals surface area contributed by atoms with Crippen molar-refractivity contribution in [1.82, 2.24) is 10.3 Å². The molecule has 15 heavy (non-hydrogen) atoms. The minimum atomic E-state index is 0.408. The molecule has 1 aromatic heterocycles. The van der Waals surface area contributed by atoms with Gasteiger partial charge in [-0.05, 0) is 43.9 Å². The van der Waals surface area contributed by atoms with Crippen LogP contribution in [0.15, 0.2) is 24.5 Å². The maximum Gasteiger partial charge on any atom is 0.0315 e. The lowest BCUT2D eigenvalue weighted by molar-refractivity contribution is 0.497. The van der Waals surface area contributed by atoms with Crippen molar-refractivity contribution in [3.05, 3.63) is 30.1 Å². The van der Waals surface area contributed by atoms with E-state index in [0.29, 0.717) is 6.04 Å². The van der Waals surface area contributed by atoms with Crippen LogP contribution in [0.2, 0.25) is 0 Å². The van der Waals surface area contributed by atoms with E-state index in [2.05, 4.69) is 37.1 Å². The smallest absolute Gasteiger partial charge is 0.0315 e. The van der Waals surface area contributed by atoms with Gasteiger partial charge in [0.25, 0.3) is 0 Å². The minimum absolute atomic E-state index is 0.408. The second-order valence-electron chi connectivity index (χ2n) is 4.50. The average Bonchev–Trinajstić information content (AvgIpc) is 2.25. The van der Waals surface area contributed by atoms with Gasteiger partial charge in [-0.15, -0.1) is 0 Å². The molecule has 0 fully saturated rings. The summed E-state index contributed by atoms with van der Waals surface area (Å²) in [6.45, 7) is 7.82. The van der Waals surface area contributed by atoms with Crippen LogP contribution in [-0.2, 0) is 0 Å². The van der Waals surface area contributed by atoms with Crippen molar-refractivity contribution in [2.45, 2.75) is 39.7 Å². The van der Waals surface area contributed by atoms with Crippen LogP contribution in [0.4, 0.5) is 0 Å². The Labute approximate surface area is 93.1 Å². The lowest BCUT2D eigenvalue weighted by Gasteiger charge is -2.14. The number of pyridine rings is 1. The van der Waals surface area contributed by atoms with Gasteiger partial charge in [0.2, 0.25) is 0 Å². The second-order valence-corrected chi connectivity index (χ2v) is 4.50. The molecule has 0 aliphatic carbocycles. The van der Waals surface area contributed by atoms with Gasteiger partial charge >= 0.3 is 0 Å². The first-order chi connectivity index (χ1) is 7.20. The summed E-state index contributed by atoms with van der Waals surface area (Å²) < 4.78 is 0. The maximum absolute atomic E-state index is 4.12. The van der Waals surface area contributed by atoms with Crippen LogP contribution in [0.5, 0.6) is 0 Å². The number of hydrogen-bond acceptors (Lipinski definition) is 2. The van der Waals surface area contributed by atoms with Gasteiger partial charge in [-0.2, -0.15) is 0 Å². The number of nitrogens with one attached hydrogen (secondary N) is 1. The molecule has 0 aliphatic heterocycles. The first-order valence-corrected chi connectivity index (χ1v) is 5.83. The summed E-state index contributed by atoms with van der Waals surface area (Å²) in [6.07, 6.45) is 6.30. The monoisotopic (exact) mass is 206 g/mol. The van der Waals surface area contributed by atoms with Gasteiger partial charge in [-0.25, -0.2) is 0 Å². The molecule has 2 nitrogen and oxygen atoms in total. The van der Waals surface area contributed by atoms with Crippen LogP contribution in [0.25, 0.3) is 0 Å². The molecule has 0 radical (unpaired) electrons. The Hall–Kier alpha value is -0.890. The van der Waals surface area contributed by atoms with Crippen molar-refractivity contribution in [3.8, 4) is 0 Å². The van der Waals surface area contributed by atoms with E-state index >= 15 is 0 Å². The van der Waals surface area contributed by atoms with Crippen LogP contribution < -0.4 is 5.32 Å². The molecule has 1 aromatic rings. The van der Waals surface area contributed by atoms with E-state index in [1.807, 2.05) is 18.5 Å². The van der Waals surface area contributed by atoms with E-state index in [1.54, 1.807) is 0 Å². The third kappa shape index (κ3) is 4.93.